The van der Waals surface area contributed by atoms with Crippen LogP contribution in [-0.4, -0.2) is 12.1 Å². The first-order valence-electron chi connectivity index (χ1n) is 4.49. The largest absolute Gasteiger partial charge is 0.876 e. The highest BCUT2D eigenvalue weighted by Gasteiger charge is 2.02. The van der Waals surface area contributed by atoms with Crippen LogP contribution in [0.4, 0.5) is 0 Å². The number of benzene rings is 1. The van der Waals surface area contributed by atoms with Gasteiger partial charge in [-0.2, -0.15) is 0 Å². The predicted octanol–water partition coefficient (Wildman–Crippen LogP) is 2.03. The first kappa shape index (κ1) is 9.98. The fourth-order valence-electron chi connectivity index (χ4n) is 1.29. The topological polar surface area (TPSA) is 45.2 Å². The molecule has 1 heterocycles. The number of methoxy groups -OCH3 is 1. The minimum Gasteiger partial charge on any atom is -0.876 e. The number of fused-ring (bicyclic) bond motifs is 1. The van der Waals surface area contributed by atoms with Gasteiger partial charge in [-0.3, -0.25) is 0 Å². The minimum atomic E-state index is 0.0148. The maximum Gasteiger partial charge on any atom is 0.121 e. The number of nitrogens with zero attached hydrogens (tertiary/aromatic N) is 1. The van der Waals surface area contributed by atoms with Crippen molar-refractivity contribution in [3.05, 3.63) is 29.0 Å². The van der Waals surface area contributed by atoms with Crippen LogP contribution < -0.4 is 9.84 Å². The summed E-state index contributed by atoms with van der Waals surface area (Å²) in [6.07, 6.45) is 1.54. The van der Waals surface area contributed by atoms with Gasteiger partial charge in [-0.25, -0.2) is 4.98 Å². The molecule has 1 aromatic carbocycles. The van der Waals surface area contributed by atoms with E-state index in [1.54, 1.807) is 7.11 Å². The van der Waals surface area contributed by atoms with Gasteiger partial charge in [0, 0.05) is 6.07 Å². The van der Waals surface area contributed by atoms with Crippen LogP contribution in [0.2, 0.25) is 0 Å². The first-order valence-corrected chi connectivity index (χ1v) is 5.30. The molecule has 1 aromatic heterocycles. The van der Waals surface area contributed by atoms with Crippen LogP contribution in [0.3, 0.4) is 0 Å². The molecule has 0 saturated carbocycles. The van der Waals surface area contributed by atoms with Crippen molar-refractivity contribution in [1.82, 2.24) is 4.98 Å². The number of rotatable bonds is 2. The average Bonchev–Trinajstić information content (AvgIpc) is 2.57. The Labute approximate surface area is 91.7 Å². The molecule has 78 valence electrons. The number of hydrogen-bond donors (Lipinski definition) is 0. The molecule has 0 amide bonds. The monoisotopic (exact) mass is 220 g/mol. The van der Waals surface area contributed by atoms with Gasteiger partial charge in [0.1, 0.15) is 10.8 Å². The van der Waals surface area contributed by atoms with Crippen LogP contribution in [0.25, 0.3) is 16.3 Å². The van der Waals surface area contributed by atoms with E-state index < -0.39 is 0 Å². The Morgan fingerprint density at radius 1 is 1.53 bits per heavy atom. The number of hydrogen-bond acceptors (Lipinski definition) is 4. The molecule has 3 nitrogen and oxygen atoms in total. The Kier molecular flexibility index (Phi) is 2.60. The van der Waals surface area contributed by atoms with Gasteiger partial charge in [-0.1, -0.05) is 6.92 Å². The van der Waals surface area contributed by atoms with E-state index in [0.717, 1.165) is 21.0 Å². The Bertz CT molecular complexity index is 512. The van der Waals surface area contributed by atoms with E-state index in [9.17, 15) is 5.11 Å². The first-order chi connectivity index (χ1) is 7.19. The van der Waals surface area contributed by atoms with E-state index in [0.29, 0.717) is 0 Å². The summed E-state index contributed by atoms with van der Waals surface area (Å²) >= 11 is 1.50. The van der Waals surface area contributed by atoms with Crippen molar-refractivity contribution >= 4 is 27.6 Å². The highest BCUT2D eigenvalue weighted by atomic mass is 32.1. The van der Waals surface area contributed by atoms with Crippen LogP contribution in [0, 0.1) is 0 Å². The molecule has 4 heteroatoms. The summed E-state index contributed by atoms with van der Waals surface area (Å²) in [5.41, 5.74) is 0.867. The summed E-state index contributed by atoms with van der Waals surface area (Å²) in [4.78, 5) is 4.32. The minimum absolute atomic E-state index is 0.0148. The van der Waals surface area contributed by atoms with Gasteiger partial charge in [-0.05, 0) is 18.2 Å². The Morgan fingerprint density at radius 2 is 2.33 bits per heavy atom. The SMILES string of the molecule is COc1ccc2sc(/C=C(/C)[O-])nc2c1. The second kappa shape index (κ2) is 3.90. The van der Waals surface area contributed by atoms with E-state index >= 15 is 0 Å². The number of ether oxygens (including phenoxy) is 1. The number of aromatic nitrogens is 1. The van der Waals surface area contributed by atoms with Gasteiger partial charge in [0.25, 0.3) is 0 Å². The molecule has 0 saturated heterocycles. The van der Waals surface area contributed by atoms with Crippen molar-refractivity contribution in [1.29, 1.82) is 0 Å². The summed E-state index contributed by atoms with van der Waals surface area (Å²) in [6.45, 7) is 1.52. The lowest BCUT2D eigenvalue weighted by Crippen LogP contribution is -1.96. The van der Waals surface area contributed by atoms with Crippen LogP contribution in [0.5, 0.6) is 5.75 Å². The van der Waals surface area contributed by atoms with Crippen molar-refractivity contribution in [2.24, 2.45) is 0 Å². The lowest BCUT2D eigenvalue weighted by Gasteiger charge is -1.99. The standard InChI is InChI=1S/C11H11NO2S/c1-7(13)5-11-12-9-6-8(14-2)3-4-10(9)15-11/h3-6,13H,1-2H3/p-1/b7-5-. The molecule has 15 heavy (non-hydrogen) atoms. The van der Waals surface area contributed by atoms with Gasteiger partial charge < -0.3 is 9.84 Å². The molecule has 0 unspecified atom stereocenters. The molecular weight excluding hydrogens is 210 g/mol. The van der Waals surface area contributed by atoms with Crippen LogP contribution in [-0.2, 0) is 0 Å². The van der Waals surface area contributed by atoms with Crippen LogP contribution >= 0.6 is 11.3 Å². The molecule has 0 fully saturated rings. The molecule has 0 radical (unpaired) electrons. The van der Waals surface area contributed by atoms with Crippen LogP contribution in [0.15, 0.2) is 24.0 Å². The van der Waals surface area contributed by atoms with Crippen molar-refractivity contribution in [2.45, 2.75) is 6.92 Å². The Morgan fingerprint density at radius 3 is 3.00 bits per heavy atom. The van der Waals surface area contributed by atoms with Gasteiger partial charge >= 0.3 is 0 Å². The van der Waals surface area contributed by atoms with Crippen molar-refractivity contribution < 1.29 is 9.84 Å². The molecule has 2 aromatic rings. The molecular formula is C11H10NO2S-. The van der Waals surface area contributed by atoms with Gasteiger partial charge in [-0.15, -0.1) is 17.1 Å². The fourth-order valence-corrected chi connectivity index (χ4v) is 2.23. The third-order valence-corrected chi connectivity index (χ3v) is 2.92. The second-order valence-electron chi connectivity index (χ2n) is 3.14. The highest BCUT2D eigenvalue weighted by Crippen LogP contribution is 2.26. The van der Waals surface area contributed by atoms with E-state index in [1.165, 1.54) is 24.3 Å². The van der Waals surface area contributed by atoms with Crippen LogP contribution in [0.1, 0.15) is 11.9 Å². The zero-order valence-electron chi connectivity index (χ0n) is 8.48. The summed E-state index contributed by atoms with van der Waals surface area (Å²) in [5, 5.41) is 11.6. The zero-order valence-corrected chi connectivity index (χ0v) is 9.30. The molecule has 2 rings (SSSR count). The van der Waals surface area contributed by atoms with Crippen molar-refractivity contribution in [2.75, 3.05) is 7.11 Å². The smallest absolute Gasteiger partial charge is 0.121 e. The molecule has 0 atom stereocenters. The molecule has 0 aliphatic rings. The Hall–Kier alpha value is -1.55. The van der Waals surface area contributed by atoms with E-state index in [-0.39, 0.29) is 5.76 Å². The molecule has 0 bridgehead atoms. The summed E-state index contributed by atoms with van der Waals surface area (Å²) in [7, 11) is 1.62. The Balaban J connectivity index is 2.51. The van der Waals surface area contributed by atoms with E-state index in [2.05, 4.69) is 4.98 Å². The summed E-state index contributed by atoms with van der Waals surface area (Å²) in [5.74, 6) is 0.795. The lowest BCUT2D eigenvalue weighted by molar-refractivity contribution is -0.299. The van der Waals surface area contributed by atoms with Crippen molar-refractivity contribution in [3.8, 4) is 5.75 Å². The van der Waals surface area contributed by atoms with Gasteiger partial charge in [0.2, 0.25) is 0 Å². The van der Waals surface area contributed by atoms with Gasteiger partial charge in [0.05, 0.1) is 17.3 Å². The predicted molar refractivity (Wildman–Crippen MR) is 59.8 cm³/mol. The lowest BCUT2D eigenvalue weighted by atomic mass is 10.3. The molecule has 0 N–H and O–H groups in total. The number of thiazole rings is 1. The maximum absolute atomic E-state index is 10.9. The maximum atomic E-state index is 10.9. The normalized spacial score (nSPS) is 12.0. The number of allylic oxidation sites excluding steroid dienone is 1. The van der Waals surface area contributed by atoms with Crippen molar-refractivity contribution in [3.63, 3.8) is 0 Å². The molecule has 0 aliphatic heterocycles. The zero-order chi connectivity index (χ0) is 10.8. The third kappa shape index (κ3) is 2.10. The molecule has 0 spiro atoms. The summed E-state index contributed by atoms with van der Waals surface area (Å²) < 4.78 is 6.16. The van der Waals surface area contributed by atoms with E-state index in [4.69, 9.17) is 4.74 Å². The third-order valence-electron chi connectivity index (χ3n) is 1.94. The van der Waals surface area contributed by atoms with E-state index in [1.807, 2.05) is 18.2 Å². The average molecular weight is 220 g/mol. The fraction of sp³-hybridized carbons (Fsp3) is 0.182. The quantitative estimate of drug-likeness (QED) is 0.727. The second-order valence-corrected chi connectivity index (χ2v) is 4.20. The summed E-state index contributed by atoms with van der Waals surface area (Å²) in [6, 6.07) is 5.70. The highest BCUT2D eigenvalue weighted by molar-refractivity contribution is 7.19. The van der Waals surface area contributed by atoms with Gasteiger partial charge in [0.15, 0.2) is 0 Å². The molecule has 0 aliphatic carbocycles.